The molecule has 0 saturated carbocycles. The number of methoxy groups -OCH3 is 1. The van der Waals surface area contributed by atoms with Gasteiger partial charge in [-0.15, -0.1) is 0 Å². The first kappa shape index (κ1) is 26.9. The maximum absolute atomic E-state index is 5.49. The van der Waals surface area contributed by atoms with Crippen LogP contribution in [-0.4, -0.2) is 38.9 Å². The molecule has 0 aliphatic heterocycles. The first-order chi connectivity index (χ1) is 12.5. The van der Waals surface area contributed by atoms with Crippen molar-refractivity contribution in [3.63, 3.8) is 0 Å². The van der Waals surface area contributed by atoms with E-state index in [1.54, 1.807) is 7.11 Å². The fourth-order valence-electron chi connectivity index (χ4n) is 2.23. The highest BCUT2D eigenvalue weighted by Gasteiger charge is 2.01. The molecular weight excluding hydrogens is 322 g/mol. The summed E-state index contributed by atoms with van der Waals surface area (Å²) in [4.78, 5) is 2.37. The van der Waals surface area contributed by atoms with E-state index in [2.05, 4.69) is 50.9 Å². The van der Waals surface area contributed by atoms with Gasteiger partial charge >= 0.3 is 0 Å². The van der Waals surface area contributed by atoms with Crippen molar-refractivity contribution in [2.45, 2.75) is 61.3 Å². The van der Waals surface area contributed by atoms with E-state index >= 15 is 0 Å². The van der Waals surface area contributed by atoms with Gasteiger partial charge in [0.25, 0.3) is 0 Å². The van der Waals surface area contributed by atoms with Crippen LogP contribution in [0, 0.1) is 5.92 Å². The number of nitrogens with zero attached hydrogens (tertiary/aromatic N) is 1. The van der Waals surface area contributed by atoms with Gasteiger partial charge in [-0.3, -0.25) is 0 Å². The third-order valence-corrected chi connectivity index (χ3v) is 3.66. The lowest BCUT2D eigenvalue weighted by Gasteiger charge is -2.16. The van der Waals surface area contributed by atoms with Crippen LogP contribution < -0.4 is 4.74 Å². The molecule has 0 unspecified atom stereocenters. The van der Waals surface area contributed by atoms with E-state index in [0.717, 1.165) is 24.8 Å². The molecule has 0 aliphatic carbocycles. The number of rotatable bonds is 10. The molecule has 0 fully saturated rings. The molecule has 0 heterocycles. The Labute approximate surface area is 163 Å². The van der Waals surface area contributed by atoms with E-state index in [0.29, 0.717) is 0 Å². The molecule has 0 N–H and O–H groups in total. The van der Waals surface area contributed by atoms with E-state index < -0.39 is 0 Å². The first-order valence-corrected chi connectivity index (χ1v) is 10.1. The SMILES string of the molecule is CC.CC.COCOc1cccc(/C(C)=C/CN(C)CCCC(C)C)c1. The zero-order valence-corrected chi connectivity index (χ0v) is 18.8. The lowest BCUT2D eigenvalue weighted by atomic mass is 10.1. The number of likely N-dealkylation sites (N-methyl/N-ethyl adjacent to an activating group) is 1. The summed E-state index contributed by atoms with van der Waals surface area (Å²) in [6, 6.07) is 8.14. The molecule has 0 spiro atoms. The van der Waals surface area contributed by atoms with Crippen molar-refractivity contribution in [1.29, 1.82) is 0 Å². The van der Waals surface area contributed by atoms with E-state index in [9.17, 15) is 0 Å². The number of hydrogen-bond donors (Lipinski definition) is 0. The summed E-state index contributed by atoms with van der Waals surface area (Å²) in [5.74, 6) is 1.64. The van der Waals surface area contributed by atoms with Gasteiger partial charge in [0.15, 0.2) is 6.79 Å². The third-order valence-electron chi connectivity index (χ3n) is 3.66. The number of benzene rings is 1. The van der Waals surface area contributed by atoms with Crippen LogP contribution in [0.5, 0.6) is 5.75 Å². The minimum atomic E-state index is 0.283. The maximum atomic E-state index is 5.49. The largest absolute Gasteiger partial charge is 0.468 e. The molecule has 0 radical (unpaired) electrons. The Morgan fingerprint density at radius 1 is 1.15 bits per heavy atom. The molecule has 0 bridgehead atoms. The third kappa shape index (κ3) is 13.9. The second kappa shape index (κ2) is 18.5. The second-order valence-electron chi connectivity index (χ2n) is 6.26. The topological polar surface area (TPSA) is 21.7 Å². The van der Waals surface area contributed by atoms with Gasteiger partial charge in [-0.1, -0.05) is 59.8 Å². The highest BCUT2D eigenvalue weighted by atomic mass is 16.7. The van der Waals surface area contributed by atoms with Gasteiger partial charge < -0.3 is 14.4 Å². The standard InChI is InChI=1S/C19H31NO2.2C2H6/c1-16(2)8-7-12-20(4)13-11-17(3)18-9-6-10-19(14-18)22-15-21-5;2*1-2/h6,9-11,14,16H,7-8,12-13,15H2,1-5H3;2*1-2H3/b17-11+;;. The molecular formula is C23H43NO2. The Morgan fingerprint density at radius 3 is 2.38 bits per heavy atom. The molecule has 0 aliphatic rings. The van der Waals surface area contributed by atoms with Gasteiger partial charge in [0.05, 0.1) is 0 Å². The van der Waals surface area contributed by atoms with E-state index in [1.165, 1.54) is 24.0 Å². The van der Waals surface area contributed by atoms with Crippen molar-refractivity contribution >= 4 is 5.57 Å². The Bertz CT molecular complexity index is 455. The smallest absolute Gasteiger partial charge is 0.188 e. The van der Waals surface area contributed by atoms with Gasteiger partial charge in [-0.05, 0) is 62.5 Å². The Kier molecular flexibility index (Phi) is 19.1. The minimum absolute atomic E-state index is 0.283. The highest BCUT2D eigenvalue weighted by Crippen LogP contribution is 2.20. The first-order valence-electron chi connectivity index (χ1n) is 10.1. The highest BCUT2D eigenvalue weighted by molar-refractivity contribution is 5.65. The Hall–Kier alpha value is -1.32. The number of hydrogen-bond acceptors (Lipinski definition) is 3. The average molecular weight is 366 g/mol. The fourth-order valence-corrected chi connectivity index (χ4v) is 2.23. The zero-order chi connectivity index (χ0) is 20.4. The van der Waals surface area contributed by atoms with Crippen LogP contribution in [0.3, 0.4) is 0 Å². The predicted octanol–water partition coefficient (Wildman–Crippen LogP) is 6.49. The van der Waals surface area contributed by atoms with Gasteiger partial charge in [0, 0.05) is 13.7 Å². The number of ether oxygens (including phenoxy) is 2. The molecule has 0 aromatic heterocycles. The monoisotopic (exact) mass is 365 g/mol. The van der Waals surface area contributed by atoms with Crippen molar-refractivity contribution in [3.8, 4) is 5.75 Å². The van der Waals surface area contributed by atoms with E-state index in [-0.39, 0.29) is 6.79 Å². The quantitative estimate of drug-likeness (QED) is 0.442. The van der Waals surface area contributed by atoms with Crippen molar-refractivity contribution < 1.29 is 9.47 Å². The summed E-state index contributed by atoms with van der Waals surface area (Å²) in [6.07, 6.45) is 4.85. The Morgan fingerprint density at radius 2 is 1.81 bits per heavy atom. The van der Waals surface area contributed by atoms with Gasteiger partial charge in [0.1, 0.15) is 5.75 Å². The van der Waals surface area contributed by atoms with Crippen molar-refractivity contribution in [2.24, 2.45) is 5.92 Å². The lowest BCUT2D eigenvalue weighted by molar-refractivity contribution is 0.0511. The second-order valence-corrected chi connectivity index (χ2v) is 6.26. The molecule has 1 rings (SSSR count). The van der Waals surface area contributed by atoms with Crippen molar-refractivity contribution in [3.05, 3.63) is 35.9 Å². The molecule has 1 aromatic carbocycles. The summed E-state index contributed by atoms with van der Waals surface area (Å²) in [6.45, 7) is 17.1. The normalized spacial score (nSPS) is 10.8. The summed E-state index contributed by atoms with van der Waals surface area (Å²) >= 11 is 0. The molecule has 3 nitrogen and oxygen atoms in total. The van der Waals surface area contributed by atoms with Crippen LogP contribution in [0.1, 0.15) is 66.9 Å². The van der Waals surface area contributed by atoms with Crippen LogP contribution in [-0.2, 0) is 4.74 Å². The van der Waals surface area contributed by atoms with Gasteiger partial charge in [0.2, 0.25) is 0 Å². The van der Waals surface area contributed by atoms with Crippen molar-refractivity contribution in [2.75, 3.05) is 34.0 Å². The maximum Gasteiger partial charge on any atom is 0.188 e. The van der Waals surface area contributed by atoms with Gasteiger partial charge in [-0.25, -0.2) is 0 Å². The van der Waals surface area contributed by atoms with Crippen molar-refractivity contribution in [1.82, 2.24) is 4.90 Å². The van der Waals surface area contributed by atoms with Gasteiger partial charge in [-0.2, -0.15) is 0 Å². The molecule has 152 valence electrons. The minimum Gasteiger partial charge on any atom is -0.468 e. The molecule has 3 heteroatoms. The molecule has 0 amide bonds. The summed E-state index contributed by atoms with van der Waals surface area (Å²) in [5.41, 5.74) is 2.47. The lowest BCUT2D eigenvalue weighted by Crippen LogP contribution is -2.20. The molecule has 1 aromatic rings. The fraction of sp³-hybridized carbons (Fsp3) is 0.652. The molecule has 26 heavy (non-hydrogen) atoms. The zero-order valence-electron chi connectivity index (χ0n) is 18.8. The van der Waals surface area contributed by atoms with Crippen LogP contribution in [0.2, 0.25) is 0 Å². The number of allylic oxidation sites excluding steroid dienone is 1. The Balaban J connectivity index is 0. The van der Waals surface area contributed by atoms with E-state index in [1.807, 2.05) is 39.8 Å². The van der Waals surface area contributed by atoms with Crippen LogP contribution in [0.25, 0.3) is 5.57 Å². The summed E-state index contributed by atoms with van der Waals surface area (Å²) in [7, 11) is 3.81. The van der Waals surface area contributed by atoms with E-state index in [4.69, 9.17) is 9.47 Å². The molecule has 0 atom stereocenters. The van der Waals surface area contributed by atoms with Crippen LogP contribution in [0.4, 0.5) is 0 Å². The predicted molar refractivity (Wildman–Crippen MR) is 117 cm³/mol. The molecule has 0 saturated heterocycles. The summed E-state index contributed by atoms with van der Waals surface area (Å²) < 4.78 is 10.4. The summed E-state index contributed by atoms with van der Waals surface area (Å²) in [5, 5.41) is 0. The average Bonchev–Trinajstić information content (AvgIpc) is 2.67. The van der Waals surface area contributed by atoms with Crippen LogP contribution >= 0.6 is 0 Å². The van der Waals surface area contributed by atoms with Crippen LogP contribution in [0.15, 0.2) is 30.3 Å².